The second-order valence-corrected chi connectivity index (χ2v) is 5.22. The molecule has 1 aromatic rings. The third kappa shape index (κ3) is 2.65. The van der Waals surface area contributed by atoms with Gasteiger partial charge in [0.1, 0.15) is 5.82 Å². The Hall–Kier alpha value is -1.13. The number of rotatable bonds is 2. The van der Waals surface area contributed by atoms with Crippen molar-refractivity contribution in [2.45, 2.75) is 19.4 Å². The van der Waals surface area contributed by atoms with Crippen molar-refractivity contribution in [2.75, 3.05) is 13.1 Å². The molecule has 2 atom stereocenters. The molecule has 0 aliphatic carbocycles. The monoisotopic (exact) mass is 270 g/mol. The van der Waals surface area contributed by atoms with Gasteiger partial charge in [0.2, 0.25) is 5.91 Å². The van der Waals surface area contributed by atoms with Gasteiger partial charge in [0.05, 0.1) is 6.42 Å². The first kappa shape index (κ1) is 13.3. The van der Waals surface area contributed by atoms with Gasteiger partial charge in [-0.2, -0.15) is 0 Å². The molecule has 0 aromatic heterocycles. The molecular weight excluding hydrogens is 255 g/mol. The van der Waals surface area contributed by atoms with Crippen molar-refractivity contribution >= 4 is 17.5 Å². The zero-order valence-electron chi connectivity index (χ0n) is 10.2. The van der Waals surface area contributed by atoms with Crippen LogP contribution in [0.15, 0.2) is 18.2 Å². The average Bonchev–Trinajstić information content (AvgIpc) is 2.64. The van der Waals surface area contributed by atoms with Gasteiger partial charge < -0.3 is 10.6 Å². The van der Waals surface area contributed by atoms with E-state index in [2.05, 4.69) is 0 Å². The smallest absolute Gasteiger partial charge is 0.227 e. The number of nitrogens with zero attached hydrogens (tertiary/aromatic N) is 1. The molecule has 1 aliphatic rings. The molecule has 0 bridgehead atoms. The number of nitrogens with two attached hydrogens (primary N) is 1. The highest BCUT2D eigenvalue weighted by Gasteiger charge is 2.30. The summed E-state index contributed by atoms with van der Waals surface area (Å²) in [6, 6.07) is 4.43. The maximum Gasteiger partial charge on any atom is 0.227 e. The second kappa shape index (κ2) is 5.24. The van der Waals surface area contributed by atoms with Crippen molar-refractivity contribution in [3.05, 3.63) is 34.6 Å². The van der Waals surface area contributed by atoms with E-state index >= 15 is 0 Å². The van der Waals surface area contributed by atoms with Gasteiger partial charge in [-0.3, -0.25) is 4.79 Å². The van der Waals surface area contributed by atoms with Gasteiger partial charge in [-0.05, 0) is 18.1 Å². The molecule has 1 fully saturated rings. The molecule has 3 nitrogen and oxygen atoms in total. The minimum Gasteiger partial charge on any atom is -0.341 e. The van der Waals surface area contributed by atoms with Crippen LogP contribution in [0.4, 0.5) is 4.39 Å². The first-order valence-electron chi connectivity index (χ1n) is 5.95. The van der Waals surface area contributed by atoms with Crippen LogP contribution in [0.3, 0.4) is 0 Å². The lowest BCUT2D eigenvalue weighted by molar-refractivity contribution is -0.129. The number of amides is 1. The normalized spacial score (nSPS) is 23.4. The molecule has 1 aliphatic heterocycles. The highest BCUT2D eigenvalue weighted by molar-refractivity contribution is 6.31. The van der Waals surface area contributed by atoms with Gasteiger partial charge in [0, 0.05) is 29.7 Å². The van der Waals surface area contributed by atoms with Crippen molar-refractivity contribution < 1.29 is 9.18 Å². The molecule has 1 amide bonds. The summed E-state index contributed by atoms with van der Waals surface area (Å²) >= 11 is 5.90. The number of hydrogen-bond donors (Lipinski definition) is 1. The minimum absolute atomic E-state index is 0.00467. The Bertz CT molecular complexity index is 436. The maximum atomic E-state index is 13.6. The molecule has 0 radical (unpaired) electrons. The summed E-state index contributed by atoms with van der Waals surface area (Å²) in [6.45, 7) is 3.17. The second-order valence-electron chi connectivity index (χ2n) is 4.82. The largest absolute Gasteiger partial charge is 0.341 e. The summed E-state index contributed by atoms with van der Waals surface area (Å²) in [5, 5.41) is 0.292. The number of carbonyl (C=O) groups excluding carboxylic acids is 1. The van der Waals surface area contributed by atoms with Crippen LogP contribution in [0, 0.1) is 11.7 Å². The Balaban J connectivity index is 2.08. The Morgan fingerprint density at radius 3 is 2.83 bits per heavy atom. The fraction of sp³-hybridized carbons (Fsp3) is 0.462. The quantitative estimate of drug-likeness (QED) is 0.891. The molecule has 18 heavy (non-hydrogen) atoms. The lowest BCUT2D eigenvalue weighted by atomic mass is 10.1. The number of benzene rings is 1. The van der Waals surface area contributed by atoms with E-state index in [0.29, 0.717) is 18.1 Å². The Labute approximate surface area is 111 Å². The molecule has 1 heterocycles. The highest BCUT2D eigenvalue weighted by Crippen LogP contribution is 2.22. The van der Waals surface area contributed by atoms with Gasteiger partial charge in [-0.1, -0.05) is 24.6 Å². The summed E-state index contributed by atoms with van der Waals surface area (Å²) in [6.07, 6.45) is -0.00898. The van der Waals surface area contributed by atoms with Crippen LogP contribution < -0.4 is 5.73 Å². The van der Waals surface area contributed by atoms with Crippen LogP contribution in [-0.4, -0.2) is 29.9 Å². The van der Waals surface area contributed by atoms with E-state index < -0.39 is 5.82 Å². The molecule has 98 valence electrons. The van der Waals surface area contributed by atoms with Crippen molar-refractivity contribution in [3.8, 4) is 0 Å². The van der Waals surface area contributed by atoms with E-state index in [0.717, 1.165) is 0 Å². The minimum atomic E-state index is -0.438. The molecule has 1 aromatic carbocycles. The van der Waals surface area contributed by atoms with Crippen LogP contribution >= 0.6 is 11.6 Å². The van der Waals surface area contributed by atoms with Crippen molar-refractivity contribution in [3.63, 3.8) is 0 Å². The lowest BCUT2D eigenvalue weighted by Crippen LogP contribution is -2.33. The highest BCUT2D eigenvalue weighted by atomic mass is 35.5. The van der Waals surface area contributed by atoms with Crippen molar-refractivity contribution in [2.24, 2.45) is 11.7 Å². The predicted molar refractivity (Wildman–Crippen MR) is 68.8 cm³/mol. The number of hydrogen-bond acceptors (Lipinski definition) is 2. The fourth-order valence-electron chi connectivity index (χ4n) is 2.16. The van der Waals surface area contributed by atoms with Gasteiger partial charge in [0.25, 0.3) is 0 Å². The van der Waals surface area contributed by atoms with Gasteiger partial charge in [-0.15, -0.1) is 0 Å². The predicted octanol–water partition coefficient (Wildman–Crippen LogP) is 1.83. The summed E-state index contributed by atoms with van der Waals surface area (Å²) < 4.78 is 13.6. The van der Waals surface area contributed by atoms with E-state index in [4.69, 9.17) is 17.3 Å². The van der Waals surface area contributed by atoms with Crippen LogP contribution in [0.25, 0.3) is 0 Å². The van der Waals surface area contributed by atoms with Gasteiger partial charge in [0.15, 0.2) is 0 Å². The van der Waals surface area contributed by atoms with Crippen LogP contribution in [0.2, 0.25) is 5.02 Å². The van der Waals surface area contributed by atoms with Crippen LogP contribution in [0.1, 0.15) is 12.5 Å². The van der Waals surface area contributed by atoms with Crippen molar-refractivity contribution in [1.29, 1.82) is 0 Å². The van der Waals surface area contributed by atoms with Gasteiger partial charge in [-0.25, -0.2) is 4.39 Å². The molecule has 1 saturated heterocycles. The number of halogens is 2. The van der Waals surface area contributed by atoms with E-state index in [-0.39, 0.29) is 29.9 Å². The summed E-state index contributed by atoms with van der Waals surface area (Å²) in [5.74, 6) is -0.278. The third-order valence-electron chi connectivity index (χ3n) is 3.41. The Morgan fingerprint density at radius 2 is 2.28 bits per heavy atom. The topological polar surface area (TPSA) is 46.3 Å². The number of likely N-dealkylation sites (tertiary alicyclic amines) is 1. The zero-order chi connectivity index (χ0) is 13.3. The standard InChI is InChI=1S/C13H16ClFN2O/c1-8-6-17(7-12(8)16)13(18)5-9-10(14)3-2-4-11(9)15/h2-4,8,12H,5-7,16H2,1H3. The molecule has 0 spiro atoms. The third-order valence-corrected chi connectivity index (χ3v) is 3.77. The first-order chi connectivity index (χ1) is 8.49. The fourth-order valence-corrected chi connectivity index (χ4v) is 2.39. The summed E-state index contributed by atoms with van der Waals surface area (Å²) in [4.78, 5) is 13.7. The zero-order valence-corrected chi connectivity index (χ0v) is 11.0. The lowest BCUT2D eigenvalue weighted by Gasteiger charge is -2.16. The molecule has 5 heteroatoms. The van der Waals surface area contributed by atoms with E-state index in [1.807, 2.05) is 6.92 Å². The molecule has 2 N–H and O–H groups in total. The summed E-state index contributed by atoms with van der Waals surface area (Å²) in [7, 11) is 0. The van der Waals surface area contributed by atoms with E-state index in [1.54, 1.807) is 11.0 Å². The number of carbonyl (C=O) groups is 1. The van der Waals surface area contributed by atoms with Gasteiger partial charge >= 0.3 is 0 Å². The molecule has 2 unspecified atom stereocenters. The van der Waals surface area contributed by atoms with E-state index in [9.17, 15) is 9.18 Å². The maximum absolute atomic E-state index is 13.6. The molecule has 2 rings (SSSR count). The SMILES string of the molecule is CC1CN(C(=O)Cc2c(F)cccc2Cl)CC1N. The average molecular weight is 271 g/mol. The van der Waals surface area contributed by atoms with E-state index in [1.165, 1.54) is 12.1 Å². The van der Waals surface area contributed by atoms with Crippen LogP contribution in [0.5, 0.6) is 0 Å². The molecule has 0 saturated carbocycles. The van der Waals surface area contributed by atoms with Crippen LogP contribution in [-0.2, 0) is 11.2 Å². The van der Waals surface area contributed by atoms with Crippen molar-refractivity contribution in [1.82, 2.24) is 4.90 Å². The molecular formula is C13H16ClFN2O. The Morgan fingerprint density at radius 1 is 1.56 bits per heavy atom. The first-order valence-corrected chi connectivity index (χ1v) is 6.33. The summed E-state index contributed by atoms with van der Waals surface area (Å²) in [5.41, 5.74) is 6.13. The Kier molecular flexibility index (Phi) is 3.88.